The zero-order chi connectivity index (χ0) is 23.8. The second-order valence-corrected chi connectivity index (χ2v) is 9.43. The van der Waals surface area contributed by atoms with E-state index in [0.29, 0.717) is 32.5 Å². The molecule has 2 heterocycles. The van der Waals surface area contributed by atoms with Gasteiger partial charge in [-0.2, -0.15) is 0 Å². The van der Waals surface area contributed by atoms with Gasteiger partial charge in [-0.25, -0.2) is 0 Å². The van der Waals surface area contributed by atoms with Gasteiger partial charge < -0.3 is 15.1 Å². The van der Waals surface area contributed by atoms with Gasteiger partial charge in [-0.15, -0.1) is 11.3 Å². The molecule has 1 aliphatic rings. The smallest absolute Gasteiger partial charge is 0.246 e. The Kier molecular flexibility index (Phi) is 8.09. The van der Waals surface area contributed by atoms with E-state index in [4.69, 9.17) is 0 Å². The minimum atomic E-state index is -0.790. The van der Waals surface area contributed by atoms with E-state index < -0.39 is 6.04 Å². The van der Waals surface area contributed by atoms with E-state index in [1.165, 1.54) is 0 Å². The lowest BCUT2D eigenvalue weighted by atomic mass is 10.0. The van der Waals surface area contributed by atoms with Gasteiger partial charge in [-0.05, 0) is 35.4 Å². The third-order valence-electron chi connectivity index (χ3n) is 5.97. The molecule has 2 aromatic carbocycles. The first-order valence-corrected chi connectivity index (χ1v) is 12.4. The Balaban J connectivity index is 1.42. The average molecular weight is 476 g/mol. The molecule has 1 unspecified atom stereocenters. The molecule has 1 saturated heterocycles. The highest BCUT2D eigenvalue weighted by Crippen LogP contribution is 2.20. The molecule has 0 radical (unpaired) electrons. The number of benzene rings is 2. The van der Waals surface area contributed by atoms with E-state index in [-0.39, 0.29) is 30.7 Å². The van der Waals surface area contributed by atoms with Gasteiger partial charge >= 0.3 is 0 Å². The van der Waals surface area contributed by atoms with E-state index in [9.17, 15) is 14.4 Å². The topological polar surface area (TPSA) is 69.7 Å². The van der Waals surface area contributed by atoms with Gasteiger partial charge in [0.15, 0.2) is 0 Å². The lowest BCUT2D eigenvalue weighted by Gasteiger charge is -2.40. The predicted molar refractivity (Wildman–Crippen MR) is 133 cm³/mol. The van der Waals surface area contributed by atoms with Crippen LogP contribution in [0.15, 0.2) is 78.2 Å². The highest BCUT2D eigenvalue weighted by atomic mass is 32.1. The maximum absolute atomic E-state index is 13.4. The first-order chi connectivity index (χ1) is 16.6. The molecule has 34 heavy (non-hydrogen) atoms. The molecular weight excluding hydrogens is 446 g/mol. The second-order valence-electron chi connectivity index (χ2n) is 8.40. The normalized spacial score (nSPS) is 16.1. The SMILES string of the molecule is O=C(CC1C(=O)N(Cc2ccccc2)CC(=O)N1CCc1cccs1)NCCc1ccccc1. The highest BCUT2D eigenvalue weighted by Gasteiger charge is 2.40. The van der Waals surface area contributed by atoms with Gasteiger partial charge in [0.05, 0.1) is 6.42 Å². The zero-order valence-electron chi connectivity index (χ0n) is 19.1. The molecule has 176 valence electrons. The minimum Gasteiger partial charge on any atom is -0.356 e. The van der Waals surface area contributed by atoms with Crippen LogP contribution in [0.2, 0.25) is 0 Å². The summed E-state index contributed by atoms with van der Waals surface area (Å²) in [5.74, 6) is -0.508. The first kappa shape index (κ1) is 23.7. The van der Waals surface area contributed by atoms with Crippen molar-refractivity contribution in [3.8, 4) is 0 Å². The Morgan fingerprint density at radius 1 is 0.912 bits per heavy atom. The van der Waals surface area contributed by atoms with Gasteiger partial charge in [-0.3, -0.25) is 14.4 Å². The van der Waals surface area contributed by atoms with Crippen molar-refractivity contribution in [3.05, 3.63) is 94.2 Å². The van der Waals surface area contributed by atoms with E-state index in [1.807, 2.05) is 78.2 Å². The van der Waals surface area contributed by atoms with Crippen LogP contribution in [-0.2, 0) is 33.8 Å². The fourth-order valence-corrected chi connectivity index (χ4v) is 4.89. The van der Waals surface area contributed by atoms with Crippen LogP contribution < -0.4 is 5.32 Å². The van der Waals surface area contributed by atoms with Crippen LogP contribution in [0.1, 0.15) is 22.4 Å². The van der Waals surface area contributed by atoms with Crippen molar-refractivity contribution in [3.63, 3.8) is 0 Å². The molecule has 0 bridgehead atoms. The van der Waals surface area contributed by atoms with Crippen molar-refractivity contribution in [1.29, 1.82) is 0 Å². The van der Waals surface area contributed by atoms with Crippen molar-refractivity contribution in [1.82, 2.24) is 15.1 Å². The molecule has 0 spiro atoms. The standard InChI is InChI=1S/C27H29N3O3S/c31-25(28-15-13-21-8-3-1-4-9-21)18-24-27(33)29(19-22-10-5-2-6-11-22)20-26(32)30(24)16-14-23-12-7-17-34-23/h1-12,17,24H,13-16,18-20H2,(H,28,31). The highest BCUT2D eigenvalue weighted by molar-refractivity contribution is 7.09. The van der Waals surface area contributed by atoms with Gasteiger partial charge in [0.25, 0.3) is 0 Å². The summed E-state index contributed by atoms with van der Waals surface area (Å²) < 4.78 is 0. The van der Waals surface area contributed by atoms with Crippen molar-refractivity contribution in [2.24, 2.45) is 0 Å². The largest absolute Gasteiger partial charge is 0.356 e. The molecule has 0 aliphatic carbocycles. The summed E-state index contributed by atoms with van der Waals surface area (Å²) in [6.07, 6.45) is 1.35. The summed E-state index contributed by atoms with van der Waals surface area (Å²) in [5, 5.41) is 4.92. The lowest BCUT2D eigenvalue weighted by Crippen LogP contribution is -2.60. The average Bonchev–Trinajstić information content (AvgIpc) is 3.37. The summed E-state index contributed by atoms with van der Waals surface area (Å²) in [5.41, 5.74) is 2.10. The number of piperazine rings is 1. The molecule has 1 aliphatic heterocycles. The molecule has 6 nitrogen and oxygen atoms in total. The quantitative estimate of drug-likeness (QED) is 0.489. The molecule has 3 amide bonds. The molecule has 4 rings (SSSR count). The van der Waals surface area contributed by atoms with Crippen LogP contribution >= 0.6 is 11.3 Å². The maximum atomic E-state index is 13.4. The molecule has 0 saturated carbocycles. The monoisotopic (exact) mass is 475 g/mol. The lowest BCUT2D eigenvalue weighted by molar-refractivity contribution is -0.157. The van der Waals surface area contributed by atoms with Crippen molar-refractivity contribution >= 4 is 29.1 Å². The van der Waals surface area contributed by atoms with E-state index in [1.54, 1.807) is 21.1 Å². The Morgan fingerprint density at radius 3 is 2.29 bits per heavy atom. The van der Waals surface area contributed by atoms with Crippen LogP contribution in [0.4, 0.5) is 0 Å². The Labute approximate surface area is 204 Å². The van der Waals surface area contributed by atoms with Crippen molar-refractivity contribution in [2.45, 2.75) is 31.8 Å². The molecular formula is C27H29N3O3S. The molecule has 1 aromatic heterocycles. The molecule has 7 heteroatoms. The molecule has 3 aromatic rings. The third kappa shape index (κ3) is 6.32. The van der Waals surface area contributed by atoms with E-state index >= 15 is 0 Å². The van der Waals surface area contributed by atoms with E-state index in [2.05, 4.69) is 5.32 Å². The number of nitrogens with zero attached hydrogens (tertiary/aromatic N) is 2. The van der Waals surface area contributed by atoms with Gasteiger partial charge in [-0.1, -0.05) is 66.7 Å². The summed E-state index contributed by atoms with van der Waals surface area (Å²) in [4.78, 5) is 43.6. The van der Waals surface area contributed by atoms with Gasteiger partial charge in [0.2, 0.25) is 17.7 Å². The van der Waals surface area contributed by atoms with Crippen molar-refractivity contribution in [2.75, 3.05) is 19.6 Å². The minimum absolute atomic E-state index is 0.0320. The number of rotatable bonds is 10. The fraction of sp³-hybridized carbons (Fsp3) is 0.296. The van der Waals surface area contributed by atoms with Gasteiger partial charge in [0, 0.05) is 24.5 Å². The number of carbonyl (C=O) groups excluding carboxylic acids is 3. The van der Waals surface area contributed by atoms with Crippen LogP contribution in [0.25, 0.3) is 0 Å². The number of amides is 3. The molecule has 1 atom stereocenters. The first-order valence-electron chi connectivity index (χ1n) is 11.6. The summed E-state index contributed by atoms with van der Waals surface area (Å²) in [7, 11) is 0. The second kappa shape index (κ2) is 11.6. The number of hydrogen-bond acceptors (Lipinski definition) is 4. The number of thiophene rings is 1. The number of hydrogen-bond donors (Lipinski definition) is 1. The summed E-state index contributed by atoms with van der Waals surface area (Å²) in [6, 6.07) is 22.8. The zero-order valence-corrected chi connectivity index (χ0v) is 19.9. The van der Waals surface area contributed by atoms with Crippen LogP contribution in [-0.4, -0.2) is 53.2 Å². The Hall–Kier alpha value is -3.45. The van der Waals surface area contributed by atoms with E-state index in [0.717, 1.165) is 16.0 Å². The predicted octanol–water partition coefficient (Wildman–Crippen LogP) is 3.28. The van der Waals surface area contributed by atoms with Crippen LogP contribution in [0, 0.1) is 0 Å². The summed E-state index contributed by atoms with van der Waals surface area (Å²) >= 11 is 1.63. The summed E-state index contributed by atoms with van der Waals surface area (Å²) in [6.45, 7) is 1.30. The fourth-order valence-electron chi connectivity index (χ4n) is 4.19. The Bertz CT molecular complexity index is 1090. The van der Waals surface area contributed by atoms with Crippen LogP contribution in [0.5, 0.6) is 0 Å². The van der Waals surface area contributed by atoms with Crippen LogP contribution in [0.3, 0.4) is 0 Å². The van der Waals surface area contributed by atoms with Gasteiger partial charge in [0.1, 0.15) is 12.6 Å². The maximum Gasteiger partial charge on any atom is 0.246 e. The van der Waals surface area contributed by atoms with Crippen molar-refractivity contribution < 1.29 is 14.4 Å². The third-order valence-corrected chi connectivity index (χ3v) is 6.91. The number of nitrogens with one attached hydrogen (secondary N) is 1. The number of carbonyl (C=O) groups is 3. The molecule has 1 N–H and O–H groups in total. The molecule has 1 fully saturated rings. The Morgan fingerprint density at radius 2 is 1.62 bits per heavy atom.